The molecule has 1 aliphatic heterocycles. The molecule has 1 amide bonds. The average Bonchev–Trinajstić information content (AvgIpc) is 2.45. The fourth-order valence-corrected chi connectivity index (χ4v) is 2.11. The molecule has 0 spiro atoms. The first-order valence-electron chi connectivity index (χ1n) is 6.19. The number of carbonyl (C=O) groups is 1. The Morgan fingerprint density at radius 2 is 1.95 bits per heavy atom. The highest BCUT2D eigenvalue weighted by molar-refractivity contribution is 9.09. The molecule has 0 N–H and O–H groups in total. The summed E-state index contributed by atoms with van der Waals surface area (Å²) in [5.74, 6) is 1.31. The van der Waals surface area contributed by atoms with Gasteiger partial charge in [-0.25, -0.2) is 0 Å². The summed E-state index contributed by atoms with van der Waals surface area (Å²) in [5.41, 5.74) is 0.366. The number of fused-ring (bicyclic) bond motifs is 1. The number of ether oxygens (including phenoxy) is 2. The van der Waals surface area contributed by atoms with E-state index in [1.165, 1.54) is 0 Å². The lowest BCUT2D eigenvalue weighted by molar-refractivity contribution is 0.0662. The van der Waals surface area contributed by atoms with Crippen molar-refractivity contribution in [3.8, 4) is 11.5 Å². The predicted molar refractivity (Wildman–Crippen MR) is 77.4 cm³/mol. The fraction of sp³-hybridized carbons (Fsp3) is 0.500. The van der Waals surface area contributed by atoms with Crippen LogP contribution < -0.4 is 9.47 Å². The molecule has 0 aliphatic carbocycles. The predicted octanol–water partition coefficient (Wildman–Crippen LogP) is 2.70. The van der Waals surface area contributed by atoms with Crippen LogP contribution in [0.2, 0.25) is 0 Å². The van der Waals surface area contributed by atoms with E-state index in [2.05, 4.69) is 15.9 Å². The van der Waals surface area contributed by atoms with E-state index in [0.29, 0.717) is 35.6 Å². The summed E-state index contributed by atoms with van der Waals surface area (Å²) < 4.78 is 11.0. The van der Waals surface area contributed by atoms with Crippen molar-refractivity contribution in [1.29, 1.82) is 0 Å². The Kier molecular flexibility index (Phi) is 4.04. The number of benzene rings is 1. The highest BCUT2D eigenvalue weighted by Gasteiger charge is 2.28. The number of amides is 1. The van der Waals surface area contributed by atoms with Gasteiger partial charge < -0.3 is 14.4 Å². The van der Waals surface area contributed by atoms with E-state index in [0.717, 1.165) is 0 Å². The molecule has 4 nitrogen and oxygen atoms in total. The van der Waals surface area contributed by atoms with Crippen molar-refractivity contribution in [3.63, 3.8) is 0 Å². The summed E-state index contributed by atoms with van der Waals surface area (Å²) >= 11 is 3.43. The highest BCUT2D eigenvalue weighted by Crippen LogP contribution is 2.31. The topological polar surface area (TPSA) is 38.8 Å². The van der Waals surface area contributed by atoms with E-state index < -0.39 is 0 Å². The maximum atomic E-state index is 12.4. The van der Waals surface area contributed by atoms with Crippen LogP contribution >= 0.6 is 15.9 Å². The van der Waals surface area contributed by atoms with Gasteiger partial charge in [0.2, 0.25) is 0 Å². The lowest BCUT2D eigenvalue weighted by Gasteiger charge is -2.34. The summed E-state index contributed by atoms with van der Waals surface area (Å²) in [6.45, 7) is 5.10. The lowest BCUT2D eigenvalue weighted by atomic mass is 10.0. The minimum absolute atomic E-state index is 0.0265. The maximum absolute atomic E-state index is 12.4. The molecular formula is C14H18BrNO3. The Bertz CT molecular complexity index is 488. The molecule has 0 saturated heterocycles. The third-order valence-corrected chi connectivity index (χ3v) is 4.70. The molecule has 1 aromatic rings. The Morgan fingerprint density at radius 3 is 2.58 bits per heavy atom. The maximum Gasteiger partial charge on any atom is 0.254 e. The summed E-state index contributed by atoms with van der Waals surface area (Å²) in [5, 5.41) is 0.715. The molecule has 0 saturated carbocycles. The zero-order valence-electron chi connectivity index (χ0n) is 11.4. The molecular weight excluding hydrogens is 310 g/mol. The normalized spacial score (nSPS) is 14.1. The second-order valence-electron chi connectivity index (χ2n) is 5.17. The van der Waals surface area contributed by atoms with Crippen LogP contribution in [0.3, 0.4) is 0 Å². The molecule has 0 atom stereocenters. The van der Waals surface area contributed by atoms with Crippen molar-refractivity contribution in [2.45, 2.75) is 19.4 Å². The van der Waals surface area contributed by atoms with Gasteiger partial charge in [-0.3, -0.25) is 4.79 Å². The smallest absolute Gasteiger partial charge is 0.254 e. The molecule has 104 valence electrons. The van der Waals surface area contributed by atoms with E-state index in [-0.39, 0.29) is 11.4 Å². The van der Waals surface area contributed by atoms with Crippen LogP contribution in [-0.2, 0) is 0 Å². The highest BCUT2D eigenvalue weighted by atomic mass is 79.9. The van der Waals surface area contributed by atoms with Gasteiger partial charge in [0.05, 0.1) is 0 Å². The van der Waals surface area contributed by atoms with Crippen molar-refractivity contribution in [2.75, 3.05) is 25.6 Å². The molecule has 0 aromatic heterocycles. The quantitative estimate of drug-likeness (QED) is 0.801. The Morgan fingerprint density at radius 1 is 1.32 bits per heavy atom. The summed E-state index contributed by atoms with van der Waals surface area (Å²) in [4.78, 5) is 14.2. The van der Waals surface area contributed by atoms with Crippen LogP contribution in [0.25, 0.3) is 0 Å². The Balaban J connectivity index is 2.24. The number of halogens is 1. The number of hydrogen-bond donors (Lipinski definition) is 0. The van der Waals surface area contributed by atoms with E-state index in [9.17, 15) is 4.79 Å². The van der Waals surface area contributed by atoms with E-state index in [1.54, 1.807) is 30.1 Å². The van der Waals surface area contributed by atoms with E-state index >= 15 is 0 Å². The summed E-state index contributed by atoms with van der Waals surface area (Å²) in [6, 6.07) is 5.31. The van der Waals surface area contributed by atoms with Gasteiger partial charge in [-0.1, -0.05) is 15.9 Å². The fourth-order valence-electron chi connectivity index (χ4n) is 1.73. The first kappa shape index (κ1) is 14.2. The van der Waals surface area contributed by atoms with Crippen LogP contribution in [0.4, 0.5) is 0 Å². The number of nitrogens with zero attached hydrogens (tertiary/aromatic N) is 1. The minimum Gasteiger partial charge on any atom is -0.486 e. The number of hydrogen-bond acceptors (Lipinski definition) is 3. The molecule has 0 radical (unpaired) electrons. The van der Waals surface area contributed by atoms with Crippen molar-refractivity contribution < 1.29 is 14.3 Å². The number of alkyl halides is 1. The molecule has 1 heterocycles. The average molecular weight is 328 g/mol. The van der Waals surface area contributed by atoms with Crippen molar-refractivity contribution in [2.24, 2.45) is 0 Å². The zero-order chi connectivity index (χ0) is 14.0. The van der Waals surface area contributed by atoms with Crippen molar-refractivity contribution >= 4 is 21.8 Å². The molecule has 0 fully saturated rings. The molecule has 5 heteroatoms. The number of rotatable bonds is 3. The summed E-state index contributed by atoms with van der Waals surface area (Å²) in [7, 11) is 1.81. The third kappa shape index (κ3) is 2.86. The van der Waals surface area contributed by atoms with E-state index in [4.69, 9.17) is 9.47 Å². The molecule has 1 aromatic carbocycles. The molecule has 19 heavy (non-hydrogen) atoms. The second kappa shape index (κ2) is 5.41. The first-order valence-corrected chi connectivity index (χ1v) is 7.31. The van der Waals surface area contributed by atoms with E-state index in [1.807, 2.05) is 13.8 Å². The molecule has 2 rings (SSSR count). The van der Waals surface area contributed by atoms with Gasteiger partial charge in [-0.05, 0) is 32.0 Å². The van der Waals surface area contributed by atoms with Crippen LogP contribution in [0.5, 0.6) is 11.5 Å². The van der Waals surface area contributed by atoms with Crippen LogP contribution in [-0.4, -0.2) is 41.9 Å². The standard InChI is InChI=1S/C14H18BrNO3/c1-14(2,9-15)16(3)13(17)10-4-5-11-12(8-10)19-7-6-18-11/h4-5,8H,6-7,9H2,1-3H3. The lowest BCUT2D eigenvalue weighted by Crippen LogP contribution is -2.46. The van der Waals surface area contributed by atoms with Crippen LogP contribution in [0.1, 0.15) is 24.2 Å². The number of carbonyl (C=O) groups excluding carboxylic acids is 1. The Labute approximate surface area is 121 Å². The van der Waals surface area contributed by atoms with Crippen molar-refractivity contribution in [3.05, 3.63) is 23.8 Å². The van der Waals surface area contributed by atoms with Gasteiger partial charge in [0.1, 0.15) is 13.2 Å². The minimum atomic E-state index is -0.246. The van der Waals surface area contributed by atoms with Gasteiger partial charge in [-0.2, -0.15) is 0 Å². The first-order chi connectivity index (χ1) is 8.95. The van der Waals surface area contributed by atoms with Gasteiger partial charge >= 0.3 is 0 Å². The van der Waals surface area contributed by atoms with Gasteiger partial charge in [0, 0.05) is 23.5 Å². The molecule has 1 aliphatic rings. The summed E-state index contributed by atoms with van der Waals surface area (Å²) in [6.07, 6.45) is 0. The van der Waals surface area contributed by atoms with Gasteiger partial charge in [0.25, 0.3) is 5.91 Å². The second-order valence-corrected chi connectivity index (χ2v) is 5.73. The molecule has 0 bridgehead atoms. The SMILES string of the molecule is CN(C(=O)c1ccc2c(c1)OCCO2)C(C)(C)CBr. The largest absolute Gasteiger partial charge is 0.486 e. The van der Waals surface area contributed by atoms with Crippen molar-refractivity contribution in [1.82, 2.24) is 4.90 Å². The Hall–Kier alpha value is -1.23. The monoisotopic (exact) mass is 327 g/mol. The third-order valence-electron chi connectivity index (χ3n) is 3.33. The van der Waals surface area contributed by atoms with Gasteiger partial charge in [0.15, 0.2) is 11.5 Å². The molecule has 0 unspecified atom stereocenters. The van der Waals surface area contributed by atoms with Gasteiger partial charge in [-0.15, -0.1) is 0 Å². The van der Waals surface area contributed by atoms with Crippen LogP contribution in [0, 0.1) is 0 Å². The van der Waals surface area contributed by atoms with Crippen LogP contribution in [0.15, 0.2) is 18.2 Å². The zero-order valence-corrected chi connectivity index (χ0v) is 13.0.